The molecule has 0 bridgehead atoms. The molecule has 0 fully saturated rings. The van der Waals surface area contributed by atoms with Gasteiger partial charge < -0.3 is 14.4 Å². The zero-order chi connectivity index (χ0) is 13.5. The first-order valence-corrected chi connectivity index (χ1v) is 5.78. The summed E-state index contributed by atoms with van der Waals surface area (Å²) in [5.74, 6) is -1.12. The van der Waals surface area contributed by atoms with Crippen LogP contribution in [0.4, 0.5) is 0 Å². The summed E-state index contributed by atoms with van der Waals surface area (Å²) in [7, 11) is 0. The molecule has 0 saturated carbocycles. The van der Waals surface area contributed by atoms with Gasteiger partial charge in [0.2, 0.25) is 5.91 Å². The molecule has 1 heterocycles. The van der Waals surface area contributed by atoms with Crippen LogP contribution in [0, 0.1) is 5.92 Å². The number of hydrogen-bond acceptors (Lipinski definition) is 3. The van der Waals surface area contributed by atoms with Crippen LogP contribution in [0.1, 0.15) is 19.6 Å². The van der Waals surface area contributed by atoms with Gasteiger partial charge in [0.05, 0.1) is 12.2 Å². The average molecular weight is 251 g/mol. The first-order chi connectivity index (χ1) is 8.54. The third-order valence-corrected chi connectivity index (χ3v) is 2.54. The van der Waals surface area contributed by atoms with Crippen molar-refractivity contribution in [1.29, 1.82) is 0 Å². The van der Waals surface area contributed by atoms with Crippen molar-refractivity contribution < 1.29 is 19.1 Å². The van der Waals surface area contributed by atoms with Crippen LogP contribution in [-0.4, -0.2) is 35.0 Å². The number of furan rings is 1. The second-order valence-electron chi connectivity index (χ2n) is 3.96. The van der Waals surface area contributed by atoms with Gasteiger partial charge in [0.1, 0.15) is 5.76 Å². The summed E-state index contributed by atoms with van der Waals surface area (Å²) in [6, 6.07) is 3.47. The Balaban J connectivity index is 2.59. The third-order valence-electron chi connectivity index (χ3n) is 2.54. The van der Waals surface area contributed by atoms with Crippen LogP contribution in [0.3, 0.4) is 0 Å². The number of aliphatic carboxylic acids is 1. The zero-order valence-electron chi connectivity index (χ0n) is 10.5. The highest BCUT2D eigenvalue weighted by Crippen LogP contribution is 2.05. The smallest absolute Gasteiger partial charge is 0.308 e. The van der Waals surface area contributed by atoms with Crippen LogP contribution < -0.4 is 0 Å². The molecule has 0 aliphatic heterocycles. The van der Waals surface area contributed by atoms with E-state index in [9.17, 15) is 9.59 Å². The van der Waals surface area contributed by atoms with Crippen LogP contribution in [0.25, 0.3) is 6.08 Å². The number of likely N-dealkylation sites (N-methyl/N-ethyl adjacent to an activating group) is 1. The van der Waals surface area contributed by atoms with Crippen molar-refractivity contribution in [2.45, 2.75) is 13.8 Å². The Bertz CT molecular complexity index is 422. The number of rotatable bonds is 6. The summed E-state index contributed by atoms with van der Waals surface area (Å²) in [6.45, 7) is 4.06. The predicted octanol–water partition coefficient (Wildman–Crippen LogP) is 1.86. The van der Waals surface area contributed by atoms with Crippen molar-refractivity contribution in [3.63, 3.8) is 0 Å². The van der Waals surface area contributed by atoms with E-state index in [4.69, 9.17) is 9.52 Å². The summed E-state index contributed by atoms with van der Waals surface area (Å²) in [5, 5.41) is 8.82. The first kappa shape index (κ1) is 14.0. The monoisotopic (exact) mass is 251 g/mol. The van der Waals surface area contributed by atoms with Gasteiger partial charge in [-0.05, 0) is 25.1 Å². The molecule has 1 rings (SSSR count). The van der Waals surface area contributed by atoms with Crippen molar-refractivity contribution in [1.82, 2.24) is 4.90 Å². The minimum absolute atomic E-state index is 0.202. The number of amides is 1. The topological polar surface area (TPSA) is 70.8 Å². The Morgan fingerprint density at radius 3 is 2.78 bits per heavy atom. The van der Waals surface area contributed by atoms with Gasteiger partial charge in [-0.1, -0.05) is 6.92 Å². The number of carboxylic acid groups (broad SMARTS) is 1. The number of hydrogen-bond donors (Lipinski definition) is 1. The number of carbonyl (C=O) groups excluding carboxylic acids is 1. The summed E-state index contributed by atoms with van der Waals surface area (Å²) < 4.78 is 5.06. The molecule has 98 valence electrons. The van der Waals surface area contributed by atoms with Crippen molar-refractivity contribution in [3.05, 3.63) is 30.2 Å². The lowest BCUT2D eigenvalue weighted by atomic mass is 10.1. The molecule has 1 N–H and O–H groups in total. The maximum Gasteiger partial charge on any atom is 0.308 e. The fourth-order valence-corrected chi connectivity index (χ4v) is 1.43. The Morgan fingerprint density at radius 1 is 1.56 bits per heavy atom. The molecule has 1 atom stereocenters. The summed E-state index contributed by atoms with van der Waals surface area (Å²) >= 11 is 0. The van der Waals surface area contributed by atoms with E-state index >= 15 is 0 Å². The number of carboxylic acids is 1. The van der Waals surface area contributed by atoms with E-state index in [0.29, 0.717) is 12.3 Å². The lowest BCUT2D eigenvalue weighted by Crippen LogP contribution is -2.35. The maximum atomic E-state index is 11.8. The molecule has 1 amide bonds. The van der Waals surface area contributed by atoms with Crippen LogP contribution in [-0.2, 0) is 9.59 Å². The molecule has 0 saturated heterocycles. The summed E-state index contributed by atoms with van der Waals surface area (Å²) in [4.78, 5) is 24.1. The van der Waals surface area contributed by atoms with Crippen LogP contribution in [0.2, 0.25) is 0 Å². The molecule has 18 heavy (non-hydrogen) atoms. The summed E-state index contributed by atoms with van der Waals surface area (Å²) in [5.41, 5.74) is 0. The van der Waals surface area contributed by atoms with Crippen molar-refractivity contribution in [2.24, 2.45) is 5.92 Å². The van der Waals surface area contributed by atoms with Gasteiger partial charge in [-0.15, -0.1) is 0 Å². The second-order valence-corrected chi connectivity index (χ2v) is 3.96. The van der Waals surface area contributed by atoms with E-state index in [-0.39, 0.29) is 12.5 Å². The molecule has 5 heteroatoms. The van der Waals surface area contributed by atoms with Gasteiger partial charge in [-0.25, -0.2) is 0 Å². The molecule has 1 aromatic rings. The Hall–Kier alpha value is -2.04. The minimum Gasteiger partial charge on any atom is -0.481 e. The predicted molar refractivity (Wildman–Crippen MR) is 66.8 cm³/mol. The van der Waals surface area contributed by atoms with Crippen LogP contribution in [0.5, 0.6) is 0 Å². The Morgan fingerprint density at radius 2 is 2.28 bits per heavy atom. The molecule has 0 aliphatic carbocycles. The fourth-order valence-electron chi connectivity index (χ4n) is 1.43. The Kier molecular flexibility index (Phi) is 5.17. The minimum atomic E-state index is -0.906. The molecule has 5 nitrogen and oxygen atoms in total. The van der Waals surface area contributed by atoms with E-state index < -0.39 is 11.9 Å². The van der Waals surface area contributed by atoms with Gasteiger partial charge in [-0.2, -0.15) is 0 Å². The van der Waals surface area contributed by atoms with E-state index in [1.54, 1.807) is 25.1 Å². The number of nitrogens with zero attached hydrogens (tertiary/aromatic N) is 1. The normalized spacial score (nSPS) is 12.6. The lowest BCUT2D eigenvalue weighted by Gasteiger charge is -2.21. The average Bonchev–Trinajstić information content (AvgIpc) is 2.85. The molecule has 1 aromatic heterocycles. The van der Waals surface area contributed by atoms with Crippen molar-refractivity contribution in [2.75, 3.05) is 13.1 Å². The molecular weight excluding hydrogens is 234 g/mol. The van der Waals surface area contributed by atoms with E-state index in [1.807, 2.05) is 6.92 Å². The maximum absolute atomic E-state index is 11.8. The standard InChI is InChI=1S/C13H17NO4/c1-3-14(9-10(2)13(16)17)12(15)7-6-11-5-4-8-18-11/h4-8,10H,3,9H2,1-2H3,(H,16,17). The third kappa shape index (κ3) is 4.08. The van der Waals surface area contributed by atoms with E-state index in [0.717, 1.165) is 0 Å². The molecule has 0 aliphatic rings. The molecule has 1 unspecified atom stereocenters. The van der Waals surface area contributed by atoms with Gasteiger partial charge >= 0.3 is 5.97 Å². The van der Waals surface area contributed by atoms with Crippen molar-refractivity contribution >= 4 is 18.0 Å². The lowest BCUT2D eigenvalue weighted by molar-refractivity contribution is -0.142. The highest BCUT2D eigenvalue weighted by Gasteiger charge is 2.17. The number of carbonyl (C=O) groups is 2. The molecular formula is C13H17NO4. The zero-order valence-corrected chi connectivity index (χ0v) is 10.5. The fraction of sp³-hybridized carbons (Fsp3) is 0.385. The quantitative estimate of drug-likeness (QED) is 0.783. The SMILES string of the molecule is CCN(CC(C)C(=O)O)C(=O)C=Cc1ccco1. The van der Waals surface area contributed by atoms with Crippen LogP contribution >= 0.6 is 0 Å². The van der Waals surface area contributed by atoms with Gasteiger partial charge in [0.15, 0.2) is 0 Å². The largest absolute Gasteiger partial charge is 0.481 e. The summed E-state index contributed by atoms with van der Waals surface area (Å²) in [6.07, 6.45) is 4.47. The first-order valence-electron chi connectivity index (χ1n) is 5.78. The van der Waals surface area contributed by atoms with Gasteiger partial charge in [0.25, 0.3) is 0 Å². The van der Waals surface area contributed by atoms with E-state index in [1.165, 1.54) is 17.2 Å². The highest BCUT2D eigenvalue weighted by atomic mass is 16.4. The van der Waals surface area contributed by atoms with Crippen LogP contribution in [0.15, 0.2) is 28.9 Å². The van der Waals surface area contributed by atoms with Gasteiger partial charge in [-0.3, -0.25) is 9.59 Å². The second kappa shape index (κ2) is 6.64. The highest BCUT2D eigenvalue weighted by molar-refractivity contribution is 5.91. The van der Waals surface area contributed by atoms with Crippen molar-refractivity contribution in [3.8, 4) is 0 Å². The molecule has 0 radical (unpaired) electrons. The molecule has 0 spiro atoms. The van der Waals surface area contributed by atoms with Gasteiger partial charge in [0, 0.05) is 19.2 Å². The molecule has 0 aromatic carbocycles. The van der Waals surface area contributed by atoms with E-state index in [2.05, 4.69) is 0 Å². The Labute approximate surface area is 106 Å².